The second-order valence-corrected chi connectivity index (χ2v) is 3.88. The number of nitrogens with one attached hydrogen (secondary N) is 1. The van der Waals surface area contributed by atoms with Crippen molar-refractivity contribution in [2.75, 3.05) is 19.6 Å². The monoisotopic (exact) mass is 206 g/mol. The van der Waals surface area contributed by atoms with Crippen molar-refractivity contribution in [2.24, 2.45) is 0 Å². The minimum Gasteiger partial charge on any atom is -0.441 e. The third-order valence-electron chi connectivity index (χ3n) is 2.63. The lowest BCUT2D eigenvalue weighted by Crippen LogP contribution is -2.54. The number of rotatable bonds is 0. The molecule has 2 fully saturated rings. The van der Waals surface area contributed by atoms with Crippen LogP contribution in [0.25, 0.3) is 0 Å². The summed E-state index contributed by atoms with van der Waals surface area (Å²) >= 11 is 0. The van der Waals surface area contributed by atoms with Crippen LogP contribution in [-0.4, -0.2) is 42.3 Å². The van der Waals surface area contributed by atoms with Crippen molar-refractivity contribution in [1.82, 2.24) is 10.2 Å². The summed E-state index contributed by atoms with van der Waals surface area (Å²) in [7, 11) is 0. The molecule has 0 radical (unpaired) electrons. The second-order valence-electron chi connectivity index (χ2n) is 3.88. The largest absolute Gasteiger partial charge is 0.441 e. The molecule has 5 heteroatoms. The zero-order valence-corrected chi connectivity index (χ0v) is 8.69. The van der Waals surface area contributed by atoms with Crippen molar-refractivity contribution in [3.8, 4) is 0 Å². The molecule has 2 saturated heterocycles. The molecule has 2 rings (SSSR count). The first kappa shape index (κ1) is 10.6. The number of halogens is 1. The molecule has 1 unspecified atom stereocenters. The highest BCUT2D eigenvalue weighted by Gasteiger charge is 2.48. The number of carbonyl (C=O) groups excluding carboxylic acids is 1. The first-order valence-corrected chi connectivity index (χ1v) is 4.31. The van der Waals surface area contributed by atoms with E-state index in [1.807, 2.05) is 18.7 Å². The standard InChI is InChI=1S/C8H14N2O2.ClH/c1-8(2)6-5-9-3-4-10(6)7(11)12-8;/h6,9H,3-5H2,1-2H3;1H. The first-order valence-electron chi connectivity index (χ1n) is 4.31. The van der Waals surface area contributed by atoms with E-state index in [0.29, 0.717) is 0 Å². The summed E-state index contributed by atoms with van der Waals surface area (Å²) < 4.78 is 5.24. The van der Waals surface area contributed by atoms with Crippen LogP contribution in [0.2, 0.25) is 0 Å². The fourth-order valence-electron chi connectivity index (χ4n) is 1.90. The van der Waals surface area contributed by atoms with E-state index in [1.165, 1.54) is 0 Å². The molecule has 1 atom stereocenters. The molecule has 0 aromatic carbocycles. The highest BCUT2D eigenvalue weighted by molar-refractivity contribution is 5.85. The first-order chi connectivity index (χ1) is 5.61. The summed E-state index contributed by atoms with van der Waals surface area (Å²) in [5.41, 5.74) is -0.329. The zero-order chi connectivity index (χ0) is 8.77. The van der Waals surface area contributed by atoms with E-state index in [2.05, 4.69) is 5.32 Å². The molecule has 1 N–H and O–H groups in total. The number of nitrogens with zero attached hydrogens (tertiary/aromatic N) is 1. The Morgan fingerprint density at radius 2 is 2.31 bits per heavy atom. The van der Waals surface area contributed by atoms with Gasteiger partial charge in [0, 0.05) is 19.6 Å². The number of amides is 1. The van der Waals surface area contributed by atoms with Crippen molar-refractivity contribution in [2.45, 2.75) is 25.5 Å². The normalized spacial score (nSPS) is 30.5. The third kappa shape index (κ3) is 1.60. The molecule has 1 amide bonds. The predicted molar refractivity (Wildman–Crippen MR) is 51.2 cm³/mol. The maximum Gasteiger partial charge on any atom is 0.410 e. The van der Waals surface area contributed by atoms with Crippen molar-refractivity contribution < 1.29 is 9.53 Å². The van der Waals surface area contributed by atoms with Crippen LogP contribution in [0.15, 0.2) is 0 Å². The molecule has 2 heterocycles. The van der Waals surface area contributed by atoms with Gasteiger partial charge in [-0.2, -0.15) is 0 Å². The van der Waals surface area contributed by atoms with Crippen molar-refractivity contribution in [1.29, 1.82) is 0 Å². The molecule has 0 saturated carbocycles. The Morgan fingerprint density at radius 1 is 1.62 bits per heavy atom. The van der Waals surface area contributed by atoms with Gasteiger partial charge < -0.3 is 10.1 Å². The van der Waals surface area contributed by atoms with E-state index < -0.39 is 0 Å². The lowest BCUT2D eigenvalue weighted by Gasteiger charge is -2.32. The highest BCUT2D eigenvalue weighted by atomic mass is 35.5. The third-order valence-corrected chi connectivity index (χ3v) is 2.63. The van der Waals surface area contributed by atoms with Crippen LogP contribution in [0.3, 0.4) is 0 Å². The summed E-state index contributed by atoms with van der Waals surface area (Å²) in [6, 6.07) is 0.207. The smallest absolute Gasteiger partial charge is 0.410 e. The van der Waals surface area contributed by atoms with Crippen molar-refractivity contribution in [3.05, 3.63) is 0 Å². The van der Waals surface area contributed by atoms with E-state index in [9.17, 15) is 4.79 Å². The van der Waals surface area contributed by atoms with Gasteiger partial charge in [-0.05, 0) is 13.8 Å². The van der Waals surface area contributed by atoms with E-state index >= 15 is 0 Å². The van der Waals surface area contributed by atoms with Crippen molar-refractivity contribution >= 4 is 18.5 Å². The summed E-state index contributed by atoms with van der Waals surface area (Å²) in [5, 5.41) is 3.26. The number of hydrogen-bond donors (Lipinski definition) is 1. The van der Waals surface area contributed by atoms with Gasteiger partial charge in [0.2, 0.25) is 0 Å². The Balaban J connectivity index is 0.000000845. The van der Waals surface area contributed by atoms with Gasteiger partial charge in [-0.25, -0.2) is 4.79 Å². The van der Waals surface area contributed by atoms with Crippen LogP contribution < -0.4 is 5.32 Å². The molecule has 2 aliphatic heterocycles. The van der Waals surface area contributed by atoms with Crippen LogP contribution in [0.4, 0.5) is 4.79 Å². The summed E-state index contributed by atoms with van der Waals surface area (Å²) in [5.74, 6) is 0. The van der Waals surface area contributed by atoms with Gasteiger partial charge in [-0.3, -0.25) is 4.90 Å². The van der Waals surface area contributed by atoms with Gasteiger partial charge in [0.25, 0.3) is 0 Å². The molecule has 0 aromatic rings. The molecule has 76 valence electrons. The Labute approximate surface area is 84.0 Å². The fraction of sp³-hybridized carbons (Fsp3) is 0.875. The zero-order valence-electron chi connectivity index (χ0n) is 7.87. The number of carbonyl (C=O) groups is 1. The molecule has 13 heavy (non-hydrogen) atoms. The number of piperazine rings is 1. The molecule has 0 spiro atoms. The van der Waals surface area contributed by atoms with Gasteiger partial charge in [0.1, 0.15) is 5.60 Å². The van der Waals surface area contributed by atoms with Gasteiger partial charge in [-0.1, -0.05) is 0 Å². The van der Waals surface area contributed by atoms with Gasteiger partial charge in [0.05, 0.1) is 6.04 Å². The van der Waals surface area contributed by atoms with Gasteiger partial charge in [0.15, 0.2) is 0 Å². The highest BCUT2D eigenvalue weighted by Crippen LogP contribution is 2.29. The number of fused-ring (bicyclic) bond motifs is 1. The summed E-state index contributed by atoms with van der Waals surface area (Å²) in [6.45, 7) is 6.42. The lowest BCUT2D eigenvalue weighted by molar-refractivity contribution is 0.0660. The van der Waals surface area contributed by atoms with Crippen LogP contribution in [0, 0.1) is 0 Å². The summed E-state index contributed by atoms with van der Waals surface area (Å²) in [4.78, 5) is 13.1. The van der Waals surface area contributed by atoms with E-state index in [4.69, 9.17) is 4.74 Å². The van der Waals surface area contributed by atoms with E-state index in [-0.39, 0.29) is 30.1 Å². The summed E-state index contributed by atoms with van der Waals surface area (Å²) in [6.07, 6.45) is -0.161. The number of ether oxygens (including phenoxy) is 1. The molecule has 0 aliphatic carbocycles. The van der Waals surface area contributed by atoms with Crippen LogP contribution in [0.1, 0.15) is 13.8 Å². The average Bonchev–Trinajstić information content (AvgIpc) is 2.25. The maximum atomic E-state index is 11.3. The molecule has 4 nitrogen and oxygen atoms in total. The van der Waals surface area contributed by atoms with Gasteiger partial charge in [-0.15, -0.1) is 12.4 Å². The minimum absolute atomic E-state index is 0. The minimum atomic E-state index is -0.329. The van der Waals surface area contributed by atoms with E-state index in [0.717, 1.165) is 19.6 Å². The van der Waals surface area contributed by atoms with Gasteiger partial charge >= 0.3 is 6.09 Å². The van der Waals surface area contributed by atoms with Crippen molar-refractivity contribution in [3.63, 3.8) is 0 Å². The molecule has 0 aromatic heterocycles. The topological polar surface area (TPSA) is 41.6 Å². The van der Waals surface area contributed by atoms with Crippen LogP contribution >= 0.6 is 12.4 Å². The fourth-order valence-corrected chi connectivity index (χ4v) is 1.90. The quantitative estimate of drug-likeness (QED) is 0.632. The number of hydrogen-bond acceptors (Lipinski definition) is 3. The Kier molecular flexibility index (Phi) is 2.73. The average molecular weight is 207 g/mol. The molecule has 2 aliphatic rings. The Hall–Kier alpha value is -0.480. The molecular formula is C8H15ClN2O2. The second kappa shape index (κ2) is 3.35. The molecular weight excluding hydrogens is 192 g/mol. The van der Waals surface area contributed by atoms with Crippen LogP contribution in [-0.2, 0) is 4.74 Å². The Morgan fingerprint density at radius 3 is 2.92 bits per heavy atom. The lowest BCUT2D eigenvalue weighted by atomic mass is 9.97. The predicted octanol–water partition coefficient (Wildman–Crippen LogP) is 0.611. The number of cyclic esters (lactones) is 1. The molecule has 0 bridgehead atoms. The SMILES string of the molecule is CC1(C)OC(=O)N2CCNCC21.Cl. The van der Waals surface area contributed by atoms with Crippen LogP contribution in [0.5, 0.6) is 0 Å². The maximum absolute atomic E-state index is 11.3. The Bertz CT molecular complexity index is 220. The van der Waals surface area contributed by atoms with E-state index in [1.54, 1.807) is 0 Å².